The molecular weight excluding hydrogens is 402 g/mol. The van der Waals surface area contributed by atoms with Crippen molar-refractivity contribution in [2.75, 3.05) is 45.8 Å². The third kappa shape index (κ3) is 4.93. The van der Waals surface area contributed by atoms with Gasteiger partial charge in [0, 0.05) is 70.3 Å². The zero-order chi connectivity index (χ0) is 21.9. The average molecular weight is 442 g/mol. The van der Waals surface area contributed by atoms with E-state index in [9.17, 15) is 9.59 Å². The summed E-state index contributed by atoms with van der Waals surface area (Å²) in [6.45, 7) is 7.19. The minimum absolute atomic E-state index is 0.113. The lowest BCUT2D eigenvalue weighted by atomic mass is 9.93. The maximum absolute atomic E-state index is 12.9. The first-order chi connectivity index (χ1) is 15.7. The molecule has 0 N–H and O–H groups in total. The Balaban J connectivity index is 1.11. The molecule has 0 radical (unpaired) electrons. The molecule has 32 heavy (non-hydrogen) atoms. The minimum Gasteiger partial charge on any atom is -0.342 e. The molecule has 7 heteroatoms. The predicted molar refractivity (Wildman–Crippen MR) is 125 cm³/mol. The van der Waals surface area contributed by atoms with E-state index >= 15 is 0 Å². The van der Waals surface area contributed by atoms with Crippen LogP contribution in [0.25, 0.3) is 0 Å². The predicted octanol–water partition coefficient (Wildman–Crippen LogP) is 2.24. The van der Waals surface area contributed by atoms with Gasteiger partial charge in [0.15, 0.2) is 0 Å². The molecule has 0 unspecified atom stereocenters. The van der Waals surface area contributed by atoms with Crippen LogP contribution in [0.2, 0.25) is 0 Å². The number of aromatic nitrogens is 2. The van der Waals surface area contributed by atoms with E-state index in [1.54, 1.807) is 6.07 Å². The van der Waals surface area contributed by atoms with Crippen molar-refractivity contribution >= 4 is 5.91 Å². The largest absolute Gasteiger partial charge is 0.342 e. The summed E-state index contributed by atoms with van der Waals surface area (Å²) in [6.07, 6.45) is 11.6. The second-order valence-electron chi connectivity index (χ2n) is 10.3. The summed E-state index contributed by atoms with van der Waals surface area (Å²) >= 11 is 0. The smallest absolute Gasteiger partial charge is 0.253 e. The number of likely N-dealkylation sites (tertiary alicyclic amines) is 1. The van der Waals surface area contributed by atoms with Gasteiger partial charge in [-0.3, -0.25) is 24.0 Å². The first kappa shape index (κ1) is 22.1. The number of aryl methyl sites for hydroxylation is 1. The SMILES string of the molecule is O=C(CN1CCN(C2CCCC2)CC1)N1CCC(c2cc(=O)n3c(n2)CCCCC3)CC1. The monoisotopic (exact) mass is 441 g/mol. The van der Waals surface area contributed by atoms with Crippen LogP contribution in [0.3, 0.4) is 0 Å². The summed E-state index contributed by atoms with van der Waals surface area (Å²) in [6, 6.07) is 2.56. The molecule has 0 bridgehead atoms. The molecule has 4 aliphatic rings. The molecule has 7 nitrogen and oxygen atoms in total. The Morgan fingerprint density at radius 1 is 0.875 bits per heavy atom. The van der Waals surface area contributed by atoms with Crippen molar-refractivity contribution in [3.63, 3.8) is 0 Å². The average Bonchev–Trinajstić information content (AvgIpc) is 3.25. The number of piperidine rings is 1. The first-order valence-corrected chi connectivity index (χ1v) is 13.0. The van der Waals surface area contributed by atoms with Crippen molar-refractivity contribution in [3.05, 3.63) is 27.9 Å². The highest BCUT2D eigenvalue weighted by atomic mass is 16.2. The normalized spacial score (nSPS) is 24.4. The third-order valence-electron chi connectivity index (χ3n) is 8.26. The molecule has 2 saturated heterocycles. The Labute approximate surface area is 191 Å². The van der Waals surface area contributed by atoms with Crippen LogP contribution in [0.1, 0.15) is 75.2 Å². The fourth-order valence-corrected chi connectivity index (χ4v) is 6.21. The van der Waals surface area contributed by atoms with Gasteiger partial charge < -0.3 is 4.90 Å². The Bertz CT molecular complexity index is 846. The van der Waals surface area contributed by atoms with Crippen molar-refractivity contribution in [3.8, 4) is 0 Å². The number of rotatable bonds is 4. The number of piperazine rings is 1. The van der Waals surface area contributed by atoms with Crippen LogP contribution in [-0.2, 0) is 17.8 Å². The maximum atomic E-state index is 12.9. The van der Waals surface area contributed by atoms with Gasteiger partial charge in [0.2, 0.25) is 5.91 Å². The van der Waals surface area contributed by atoms with Crippen molar-refractivity contribution in [1.29, 1.82) is 0 Å². The molecule has 1 aromatic rings. The third-order valence-corrected chi connectivity index (χ3v) is 8.26. The van der Waals surface area contributed by atoms with Gasteiger partial charge in [-0.2, -0.15) is 0 Å². The van der Waals surface area contributed by atoms with Gasteiger partial charge in [-0.1, -0.05) is 19.3 Å². The van der Waals surface area contributed by atoms with E-state index < -0.39 is 0 Å². The van der Waals surface area contributed by atoms with E-state index in [-0.39, 0.29) is 11.5 Å². The molecule has 4 heterocycles. The molecule has 1 saturated carbocycles. The Morgan fingerprint density at radius 3 is 2.38 bits per heavy atom. The molecule has 1 aliphatic carbocycles. The highest BCUT2D eigenvalue weighted by Crippen LogP contribution is 2.27. The van der Waals surface area contributed by atoms with Crippen molar-refractivity contribution in [2.24, 2.45) is 0 Å². The fraction of sp³-hybridized carbons (Fsp3) is 0.800. The zero-order valence-corrected chi connectivity index (χ0v) is 19.5. The first-order valence-electron chi connectivity index (χ1n) is 13.0. The van der Waals surface area contributed by atoms with Crippen LogP contribution in [-0.4, -0.2) is 82.0 Å². The van der Waals surface area contributed by atoms with Crippen molar-refractivity contribution in [2.45, 2.75) is 82.7 Å². The molecule has 1 amide bonds. The lowest BCUT2D eigenvalue weighted by molar-refractivity contribution is -0.134. The summed E-state index contributed by atoms with van der Waals surface area (Å²) in [4.78, 5) is 37.5. The molecule has 3 aliphatic heterocycles. The van der Waals surface area contributed by atoms with E-state index in [1.807, 2.05) is 9.47 Å². The van der Waals surface area contributed by atoms with E-state index in [0.29, 0.717) is 12.5 Å². The van der Waals surface area contributed by atoms with Gasteiger partial charge in [0.25, 0.3) is 5.56 Å². The van der Waals surface area contributed by atoms with Gasteiger partial charge in [-0.25, -0.2) is 4.98 Å². The summed E-state index contributed by atoms with van der Waals surface area (Å²) in [5.41, 5.74) is 1.07. The van der Waals surface area contributed by atoms with E-state index in [0.717, 1.165) is 95.5 Å². The van der Waals surface area contributed by atoms with Gasteiger partial charge in [0.05, 0.1) is 12.2 Å². The van der Waals surface area contributed by atoms with E-state index in [1.165, 1.54) is 32.1 Å². The molecule has 0 aromatic carbocycles. The fourth-order valence-electron chi connectivity index (χ4n) is 6.21. The van der Waals surface area contributed by atoms with Crippen molar-refractivity contribution in [1.82, 2.24) is 24.3 Å². The highest BCUT2D eigenvalue weighted by Gasteiger charge is 2.29. The molecule has 176 valence electrons. The van der Waals surface area contributed by atoms with Crippen LogP contribution in [0.5, 0.6) is 0 Å². The van der Waals surface area contributed by atoms with Gasteiger partial charge >= 0.3 is 0 Å². The van der Waals surface area contributed by atoms with Gasteiger partial charge in [-0.05, 0) is 38.5 Å². The number of amides is 1. The molecule has 5 rings (SSSR count). The summed E-state index contributed by atoms with van der Waals surface area (Å²) < 4.78 is 1.88. The highest BCUT2D eigenvalue weighted by molar-refractivity contribution is 5.78. The van der Waals surface area contributed by atoms with E-state index in [2.05, 4.69) is 9.80 Å². The topological polar surface area (TPSA) is 61.7 Å². The number of hydrogen-bond acceptors (Lipinski definition) is 5. The van der Waals surface area contributed by atoms with Crippen LogP contribution in [0, 0.1) is 0 Å². The molecule has 3 fully saturated rings. The van der Waals surface area contributed by atoms with Crippen LogP contribution in [0.15, 0.2) is 10.9 Å². The van der Waals surface area contributed by atoms with Crippen LogP contribution in [0.4, 0.5) is 0 Å². The lowest BCUT2D eigenvalue weighted by Gasteiger charge is -2.39. The molecule has 0 spiro atoms. The summed E-state index contributed by atoms with van der Waals surface area (Å²) in [5.74, 6) is 1.55. The van der Waals surface area contributed by atoms with Gasteiger partial charge in [0.1, 0.15) is 5.82 Å². The van der Waals surface area contributed by atoms with Crippen molar-refractivity contribution < 1.29 is 4.79 Å². The zero-order valence-electron chi connectivity index (χ0n) is 19.5. The number of nitrogens with zero attached hydrogens (tertiary/aromatic N) is 5. The molecular formula is C25H39N5O2. The molecule has 0 atom stereocenters. The van der Waals surface area contributed by atoms with Gasteiger partial charge in [-0.15, -0.1) is 0 Å². The maximum Gasteiger partial charge on any atom is 0.253 e. The standard InChI is InChI=1S/C25H39N5O2/c31-24-18-22(26-23-8-2-1-5-11-30(23)24)20-9-12-29(13-10-20)25(32)19-27-14-16-28(17-15-27)21-6-3-4-7-21/h18,20-21H,1-17,19H2. The Morgan fingerprint density at radius 2 is 1.62 bits per heavy atom. The van der Waals surface area contributed by atoms with Crippen LogP contribution >= 0.6 is 0 Å². The number of carbonyl (C=O) groups excluding carboxylic acids is 1. The second kappa shape index (κ2) is 10.0. The Kier molecular flexibility index (Phi) is 6.93. The minimum atomic E-state index is 0.113. The quantitative estimate of drug-likeness (QED) is 0.717. The summed E-state index contributed by atoms with van der Waals surface area (Å²) in [7, 11) is 0. The lowest BCUT2D eigenvalue weighted by Crippen LogP contribution is -2.52. The molecule has 1 aromatic heterocycles. The second-order valence-corrected chi connectivity index (χ2v) is 10.3. The van der Waals surface area contributed by atoms with E-state index in [4.69, 9.17) is 4.98 Å². The van der Waals surface area contributed by atoms with Crippen LogP contribution < -0.4 is 5.56 Å². The number of hydrogen-bond donors (Lipinski definition) is 0. The number of carbonyl (C=O) groups is 1. The number of fused-ring (bicyclic) bond motifs is 1. The summed E-state index contributed by atoms with van der Waals surface area (Å²) in [5, 5.41) is 0. The Hall–Kier alpha value is -1.73.